The summed E-state index contributed by atoms with van der Waals surface area (Å²) in [6.45, 7) is 0. The summed E-state index contributed by atoms with van der Waals surface area (Å²) >= 11 is 0. The van der Waals surface area contributed by atoms with E-state index in [0.29, 0.717) is 11.4 Å². The number of hydrogen-bond acceptors (Lipinski definition) is 3. The van der Waals surface area contributed by atoms with Crippen molar-refractivity contribution in [1.82, 2.24) is 0 Å². The van der Waals surface area contributed by atoms with Crippen LogP contribution in [0.15, 0.2) is 48.5 Å². The minimum absolute atomic E-state index is 0.218. The Hall–Kier alpha value is -3.02. The second-order valence-corrected chi connectivity index (χ2v) is 4.36. The molecule has 2 aromatic rings. The molecule has 0 saturated carbocycles. The molecule has 0 aliphatic heterocycles. The molecule has 21 heavy (non-hydrogen) atoms. The molecule has 0 heterocycles. The van der Waals surface area contributed by atoms with Crippen molar-refractivity contribution < 1.29 is 19.8 Å². The molecule has 2 aromatic carbocycles. The first-order chi connectivity index (χ1) is 9.99. The van der Waals surface area contributed by atoms with Crippen LogP contribution >= 0.6 is 0 Å². The maximum absolute atomic E-state index is 12.1. The van der Waals surface area contributed by atoms with Gasteiger partial charge in [-0.1, -0.05) is 18.2 Å². The number of para-hydroxylation sites is 1. The summed E-state index contributed by atoms with van der Waals surface area (Å²) in [6, 6.07) is 12.5. The van der Waals surface area contributed by atoms with E-state index in [9.17, 15) is 14.7 Å². The van der Waals surface area contributed by atoms with E-state index in [1.165, 1.54) is 23.1 Å². The van der Waals surface area contributed by atoms with Crippen molar-refractivity contribution >= 4 is 23.4 Å². The van der Waals surface area contributed by atoms with Gasteiger partial charge in [0.1, 0.15) is 11.3 Å². The van der Waals surface area contributed by atoms with Gasteiger partial charge in [0, 0.05) is 24.5 Å². The zero-order valence-corrected chi connectivity index (χ0v) is 11.3. The Morgan fingerprint density at radius 1 is 1.10 bits per heavy atom. The summed E-state index contributed by atoms with van der Waals surface area (Å²) < 4.78 is 0. The van der Waals surface area contributed by atoms with Crippen molar-refractivity contribution in [2.24, 2.45) is 0 Å². The van der Waals surface area contributed by atoms with Gasteiger partial charge in [0.25, 0.3) is 0 Å². The molecular weight excluding hydrogens is 272 g/mol. The number of anilines is 2. The summed E-state index contributed by atoms with van der Waals surface area (Å²) in [4.78, 5) is 24.3. The molecule has 2 rings (SSSR count). The highest BCUT2D eigenvalue weighted by molar-refractivity contribution is 6.02. The molecule has 6 heteroatoms. The van der Waals surface area contributed by atoms with Gasteiger partial charge in [-0.2, -0.15) is 0 Å². The fourth-order valence-electron chi connectivity index (χ4n) is 1.77. The second kappa shape index (κ2) is 5.96. The van der Waals surface area contributed by atoms with Gasteiger partial charge in [0.2, 0.25) is 0 Å². The normalized spacial score (nSPS) is 9.95. The van der Waals surface area contributed by atoms with Gasteiger partial charge in [-0.15, -0.1) is 0 Å². The van der Waals surface area contributed by atoms with Crippen LogP contribution in [0, 0.1) is 0 Å². The molecule has 0 unspecified atom stereocenters. The highest BCUT2D eigenvalue weighted by Gasteiger charge is 2.13. The lowest BCUT2D eigenvalue weighted by Gasteiger charge is -2.18. The fraction of sp³-hybridized carbons (Fsp3) is 0.0667. The molecule has 0 aliphatic rings. The molecule has 6 nitrogen and oxygen atoms in total. The van der Waals surface area contributed by atoms with Crippen LogP contribution in [0.5, 0.6) is 5.75 Å². The van der Waals surface area contributed by atoms with E-state index in [-0.39, 0.29) is 5.56 Å². The first kappa shape index (κ1) is 14.4. The molecule has 0 fully saturated rings. The van der Waals surface area contributed by atoms with Crippen LogP contribution in [-0.4, -0.2) is 29.3 Å². The number of benzene rings is 2. The molecule has 108 valence electrons. The average Bonchev–Trinajstić information content (AvgIpc) is 2.47. The van der Waals surface area contributed by atoms with Gasteiger partial charge in [-0.3, -0.25) is 4.90 Å². The number of carboxylic acids is 1. The van der Waals surface area contributed by atoms with Crippen LogP contribution in [0.1, 0.15) is 10.4 Å². The summed E-state index contributed by atoms with van der Waals surface area (Å²) in [5.74, 6) is -1.63. The van der Waals surface area contributed by atoms with Crippen LogP contribution in [-0.2, 0) is 0 Å². The van der Waals surface area contributed by atoms with Gasteiger partial charge in [-0.05, 0) is 24.3 Å². The van der Waals surface area contributed by atoms with Gasteiger partial charge < -0.3 is 15.5 Å². The molecule has 0 radical (unpaired) electrons. The lowest BCUT2D eigenvalue weighted by Crippen LogP contribution is -2.31. The van der Waals surface area contributed by atoms with Crippen molar-refractivity contribution in [2.75, 3.05) is 17.3 Å². The minimum Gasteiger partial charge on any atom is -0.507 e. The lowest BCUT2D eigenvalue weighted by atomic mass is 10.2. The predicted molar refractivity (Wildman–Crippen MR) is 78.9 cm³/mol. The smallest absolute Gasteiger partial charge is 0.339 e. The Labute approximate surface area is 121 Å². The van der Waals surface area contributed by atoms with Crippen LogP contribution in [0.25, 0.3) is 0 Å². The summed E-state index contributed by atoms with van der Waals surface area (Å²) in [5, 5.41) is 21.0. The van der Waals surface area contributed by atoms with E-state index < -0.39 is 17.7 Å². The van der Waals surface area contributed by atoms with Gasteiger partial charge in [-0.25, -0.2) is 9.59 Å². The number of carboxylic acid groups (broad SMARTS) is 1. The molecule has 0 bridgehead atoms. The SMILES string of the molecule is CN(C(=O)Nc1ccc(C(=O)O)c(O)c1)c1ccccc1. The number of phenols is 1. The molecule has 0 atom stereocenters. The number of hydrogen-bond donors (Lipinski definition) is 3. The van der Waals surface area contributed by atoms with Crippen molar-refractivity contribution in [3.05, 3.63) is 54.1 Å². The van der Waals surface area contributed by atoms with E-state index in [0.717, 1.165) is 0 Å². The highest BCUT2D eigenvalue weighted by Crippen LogP contribution is 2.22. The second-order valence-electron chi connectivity index (χ2n) is 4.36. The number of carbonyl (C=O) groups is 2. The number of amides is 2. The maximum Gasteiger partial charge on any atom is 0.339 e. The highest BCUT2D eigenvalue weighted by atomic mass is 16.4. The number of aromatic hydroxyl groups is 1. The topological polar surface area (TPSA) is 89.9 Å². The van der Waals surface area contributed by atoms with E-state index >= 15 is 0 Å². The Kier molecular flexibility index (Phi) is 4.08. The van der Waals surface area contributed by atoms with Gasteiger partial charge >= 0.3 is 12.0 Å². The largest absolute Gasteiger partial charge is 0.507 e. The predicted octanol–water partition coefficient (Wildman–Crippen LogP) is 2.76. The lowest BCUT2D eigenvalue weighted by molar-refractivity contribution is 0.0694. The molecule has 2 amide bonds. The molecule has 0 aliphatic carbocycles. The van der Waals surface area contributed by atoms with Crippen LogP contribution in [0.4, 0.5) is 16.2 Å². The van der Waals surface area contributed by atoms with E-state index in [2.05, 4.69) is 5.32 Å². The zero-order valence-electron chi connectivity index (χ0n) is 11.3. The Bertz CT molecular complexity index is 671. The maximum atomic E-state index is 12.1. The third-order valence-corrected chi connectivity index (χ3v) is 2.93. The first-order valence-corrected chi connectivity index (χ1v) is 6.15. The summed E-state index contributed by atoms with van der Waals surface area (Å²) in [7, 11) is 1.61. The van der Waals surface area contributed by atoms with Crippen molar-refractivity contribution in [1.29, 1.82) is 0 Å². The number of aromatic carboxylic acids is 1. The standard InChI is InChI=1S/C15H14N2O4/c1-17(11-5-3-2-4-6-11)15(21)16-10-7-8-12(14(19)20)13(18)9-10/h2-9,18H,1H3,(H,16,21)(H,19,20). The Morgan fingerprint density at radius 3 is 2.33 bits per heavy atom. The van der Waals surface area contributed by atoms with Gasteiger partial charge in [0.15, 0.2) is 0 Å². The summed E-state index contributed by atoms with van der Waals surface area (Å²) in [6.07, 6.45) is 0. The van der Waals surface area contributed by atoms with Crippen LogP contribution in [0.3, 0.4) is 0 Å². The molecule has 0 saturated heterocycles. The first-order valence-electron chi connectivity index (χ1n) is 6.15. The quantitative estimate of drug-likeness (QED) is 0.809. The van der Waals surface area contributed by atoms with Crippen molar-refractivity contribution in [3.63, 3.8) is 0 Å². The third-order valence-electron chi connectivity index (χ3n) is 2.93. The van der Waals surface area contributed by atoms with Crippen molar-refractivity contribution in [2.45, 2.75) is 0 Å². The van der Waals surface area contributed by atoms with Crippen LogP contribution < -0.4 is 10.2 Å². The minimum atomic E-state index is -1.23. The van der Waals surface area contributed by atoms with Crippen LogP contribution in [0.2, 0.25) is 0 Å². The third kappa shape index (κ3) is 3.30. The number of nitrogens with one attached hydrogen (secondary N) is 1. The number of rotatable bonds is 3. The van der Waals surface area contributed by atoms with Gasteiger partial charge in [0.05, 0.1) is 0 Å². The molecule has 3 N–H and O–H groups in total. The molecule has 0 spiro atoms. The van der Waals surface area contributed by atoms with Crippen molar-refractivity contribution in [3.8, 4) is 5.75 Å². The fourth-order valence-corrected chi connectivity index (χ4v) is 1.77. The molecular formula is C15H14N2O4. The van der Waals surface area contributed by atoms with E-state index in [1.54, 1.807) is 19.2 Å². The number of nitrogens with zero attached hydrogens (tertiary/aromatic N) is 1. The number of urea groups is 1. The summed E-state index contributed by atoms with van der Waals surface area (Å²) in [5.41, 5.74) is 0.802. The Balaban J connectivity index is 2.13. The zero-order chi connectivity index (χ0) is 15.4. The van der Waals surface area contributed by atoms with E-state index in [4.69, 9.17) is 5.11 Å². The van der Waals surface area contributed by atoms with E-state index in [1.807, 2.05) is 18.2 Å². The number of carbonyl (C=O) groups excluding carboxylic acids is 1. The Morgan fingerprint density at radius 2 is 1.76 bits per heavy atom. The average molecular weight is 286 g/mol. The monoisotopic (exact) mass is 286 g/mol. The molecule has 0 aromatic heterocycles.